The SMILES string of the molecule is Cc1cnc(NCCN2CCC(N(C)C)CC2)nc1. The summed E-state index contributed by atoms with van der Waals surface area (Å²) in [6, 6.07) is 0.754. The van der Waals surface area contributed by atoms with Gasteiger partial charge in [0.05, 0.1) is 0 Å². The van der Waals surface area contributed by atoms with Crippen LogP contribution < -0.4 is 5.32 Å². The lowest BCUT2D eigenvalue weighted by Gasteiger charge is -2.35. The number of anilines is 1. The first kappa shape index (κ1) is 14.2. The van der Waals surface area contributed by atoms with E-state index in [9.17, 15) is 0 Å². The van der Waals surface area contributed by atoms with E-state index < -0.39 is 0 Å². The maximum Gasteiger partial charge on any atom is 0.222 e. The van der Waals surface area contributed by atoms with Gasteiger partial charge in [-0.1, -0.05) is 0 Å². The van der Waals surface area contributed by atoms with Gasteiger partial charge in [-0.2, -0.15) is 0 Å². The summed E-state index contributed by atoms with van der Waals surface area (Å²) >= 11 is 0. The van der Waals surface area contributed by atoms with Gasteiger partial charge in [-0.15, -0.1) is 0 Å². The largest absolute Gasteiger partial charge is 0.353 e. The normalized spacial score (nSPS) is 17.9. The van der Waals surface area contributed by atoms with E-state index in [1.807, 2.05) is 19.3 Å². The third-order valence-electron chi connectivity index (χ3n) is 3.78. The van der Waals surface area contributed by atoms with Crippen molar-refractivity contribution in [1.29, 1.82) is 0 Å². The topological polar surface area (TPSA) is 44.3 Å². The Morgan fingerprint density at radius 1 is 1.26 bits per heavy atom. The Hall–Kier alpha value is -1.20. The van der Waals surface area contributed by atoms with E-state index in [1.54, 1.807) is 0 Å². The standard InChI is InChI=1S/C14H25N5/c1-12-10-16-14(17-11-12)15-6-9-19-7-4-13(5-8-19)18(2)3/h10-11,13H,4-9H2,1-3H3,(H,15,16,17). The van der Waals surface area contributed by atoms with E-state index in [-0.39, 0.29) is 0 Å². The van der Waals surface area contributed by atoms with Gasteiger partial charge in [-0.05, 0) is 52.5 Å². The van der Waals surface area contributed by atoms with Crippen LogP contribution in [0.15, 0.2) is 12.4 Å². The third-order valence-corrected chi connectivity index (χ3v) is 3.78. The second kappa shape index (κ2) is 6.82. The molecule has 0 amide bonds. The quantitative estimate of drug-likeness (QED) is 0.865. The highest BCUT2D eigenvalue weighted by Gasteiger charge is 2.19. The van der Waals surface area contributed by atoms with Crippen LogP contribution in [0.25, 0.3) is 0 Å². The van der Waals surface area contributed by atoms with Crippen LogP contribution >= 0.6 is 0 Å². The average molecular weight is 263 g/mol. The zero-order valence-electron chi connectivity index (χ0n) is 12.3. The second-order valence-electron chi connectivity index (χ2n) is 5.55. The van der Waals surface area contributed by atoms with Gasteiger partial charge in [0.2, 0.25) is 5.95 Å². The van der Waals surface area contributed by atoms with Crippen molar-refractivity contribution in [2.45, 2.75) is 25.8 Å². The molecule has 5 nitrogen and oxygen atoms in total. The van der Waals surface area contributed by atoms with Gasteiger partial charge in [-0.25, -0.2) is 9.97 Å². The summed E-state index contributed by atoms with van der Waals surface area (Å²) in [5.74, 6) is 0.730. The molecule has 1 saturated heterocycles. The number of piperidine rings is 1. The van der Waals surface area contributed by atoms with Gasteiger partial charge in [0.25, 0.3) is 0 Å². The Bertz CT molecular complexity index is 368. The first-order valence-corrected chi connectivity index (χ1v) is 7.06. The Morgan fingerprint density at radius 3 is 2.47 bits per heavy atom. The summed E-state index contributed by atoms with van der Waals surface area (Å²) in [6.45, 7) is 6.37. The van der Waals surface area contributed by atoms with E-state index >= 15 is 0 Å². The maximum atomic E-state index is 4.25. The molecule has 1 aliphatic rings. The number of nitrogens with zero attached hydrogens (tertiary/aromatic N) is 4. The summed E-state index contributed by atoms with van der Waals surface area (Å²) in [5, 5.41) is 3.28. The summed E-state index contributed by atoms with van der Waals surface area (Å²) < 4.78 is 0. The molecule has 1 aliphatic heterocycles. The molecule has 2 heterocycles. The summed E-state index contributed by atoms with van der Waals surface area (Å²) in [7, 11) is 4.35. The molecule has 2 rings (SSSR count). The summed E-state index contributed by atoms with van der Waals surface area (Å²) in [6.07, 6.45) is 6.23. The van der Waals surface area contributed by atoms with E-state index in [1.165, 1.54) is 25.9 Å². The number of rotatable bonds is 5. The van der Waals surface area contributed by atoms with E-state index in [2.05, 4.69) is 39.2 Å². The summed E-state index contributed by atoms with van der Waals surface area (Å²) in [4.78, 5) is 13.4. The second-order valence-corrected chi connectivity index (χ2v) is 5.55. The molecule has 106 valence electrons. The fraction of sp³-hybridized carbons (Fsp3) is 0.714. The molecular weight excluding hydrogens is 238 g/mol. The highest BCUT2D eigenvalue weighted by Crippen LogP contribution is 2.13. The van der Waals surface area contributed by atoms with Crippen LogP contribution in [-0.2, 0) is 0 Å². The molecule has 1 aromatic heterocycles. The minimum Gasteiger partial charge on any atom is -0.353 e. The zero-order chi connectivity index (χ0) is 13.7. The van der Waals surface area contributed by atoms with E-state index in [4.69, 9.17) is 0 Å². The van der Waals surface area contributed by atoms with Gasteiger partial charge < -0.3 is 15.1 Å². The molecule has 1 aromatic rings. The van der Waals surface area contributed by atoms with Gasteiger partial charge in [0, 0.05) is 31.5 Å². The smallest absolute Gasteiger partial charge is 0.222 e. The molecule has 19 heavy (non-hydrogen) atoms. The zero-order valence-corrected chi connectivity index (χ0v) is 12.3. The van der Waals surface area contributed by atoms with Crippen LogP contribution in [0.2, 0.25) is 0 Å². The Kier molecular flexibility index (Phi) is 5.10. The van der Waals surface area contributed by atoms with Crippen molar-refractivity contribution in [3.63, 3.8) is 0 Å². The number of likely N-dealkylation sites (tertiary alicyclic amines) is 1. The van der Waals surface area contributed by atoms with Gasteiger partial charge in [0.15, 0.2) is 0 Å². The first-order chi connectivity index (χ1) is 9.15. The van der Waals surface area contributed by atoms with Crippen LogP contribution in [0, 0.1) is 6.92 Å². The van der Waals surface area contributed by atoms with Crippen molar-refractivity contribution in [3.05, 3.63) is 18.0 Å². The van der Waals surface area contributed by atoms with Crippen LogP contribution in [-0.4, -0.2) is 66.1 Å². The third kappa shape index (κ3) is 4.44. The lowest BCUT2D eigenvalue weighted by Crippen LogP contribution is -2.43. The Labute approximate surface area is 116 Å². The summed E-state index contributed by atoms with van der Waals surface area (Å²) in [5.41, 5.74) is 1.09. The van der Waals surface area contributed by atoms with Crippen molar-refractivity contribution in [2.24, 2.45) is 0 Å². The van der Waals surface area contributed by atoms with Crippen molar-refractivity contribution >= 4 is 5.95 Å². The molecule has 0 saturated carbocycles. The molecule has 0 spiro atoms. The predicted octanol–water partition coefficient (Wildman–Crippen LogP) is 1.22. The number of nitrogens with one attached hydrogen (secondary N) is 1. The maximum absolute atomic E-state index is 4.25. The minimum absolute atomic E-state index is 0.730. The Morgan fingerprint density at radius 2 is 1.89 bits per heavy atom. The molecule has 0 aliphatic carbocycles. The minimum atomic E-state index is 0.730. The van der Waals surface area contributed by atoms with Gasteiger partial charge >= 0.3 is 0 Å². The molecule has 1 fully saturated rings. The molecule has 5 heteroatoms. The number of aryl methyl sites for hydroxylation is 1. The van der Waals surface area contributed by atoms with Crippen LogP contribution in [0.3, 0.4) is 0 Å². The number of hydrogen-bond acceptors (Lipinski definition) is 5. The van der Waals surface area contributed by atoms with E-state index in [0.717, 1.165) is 30.6 Å². The average Bonchev–Trinajstić information content (AvgIpc) is 2.41. The molecule has 0 unspecified atom stereocenters. The van der Waals surface area contributed by atoms with Crippen molar-refractivity contribution in [3.8, 4) is 0 Å². The molecule has 0 bridgehead atoms. The fourth-order valence-corrected chi connectivity index (χ4v) is 2.47. The van der Waals surface area contributed by atoms with Crippen LogP contribution in [0.1, 0.15) is 18.4 Å². The monoisotopic (exact) mass is 263 g/mol. The fourth-order valence-electron chi connectivity index (χ4n) is 2.47. The van der Waals surface area contributed by atoms with Crippen LogP contribution in [0.5, 0.6) is 0 Å². The molecule has 1 N–H and O–H groups in total. The van der Waals surface area contributed by atoms with Crippen molar-refractivity contribution in [1.82, 2.24) is 19.8 Å². The molecule has 0 radical (unpaired) electrons. The first-order valence-electron chi connectivity index (χ1n) is 7.06. The van der Waals surface area contributed by atoms with Gasteiger partial charge in [0.1, 0.15) is 0 Å². The van der Waals surface area contributed by atoms with E-state index in [0.29, 0.717) is 0 Å². The molecule has 0 aromatic carbocycles. The van der Waals surface area contributed by atoms with Crippen molar-refractivity contribution in [2.75, 3.05) is 45.6 Å². The molecule has 0 atom stereocenters. The Balaban J connectivity index is 1.65. The highest BCUT2D eigenvalue weighted by molar-refractivity contribution is 5.23. The van der Waals surface area contributed by atoms with Gasteiger partial charge in [-0.3, -0.25) is 0 Å². The number of aromatic nitrogens is 2. The van der Waals surface area contributed by atoms with Crippen molar-refractivity contribution < 1.29 is 0 Å². The predicted molar refractivity (Wildman–Crippen MR) is 78.4 cm³/mol. The lowest BCUT2D eigenvalue weighted by molar-refractivity contribution is 0.148. The highest BCUT2D eigenvalue weighted by atomic mass is 15.2. The van der Waals surface area contributed by atoms with Crippen LogP contribution in [0.4, 0.5) is 5.95 Å². The molecular formula is C14H25N5. The number of hydrogen-bond donors (Lipinski definition) is 1. The lowest BCUT2D eigenvalue weighted by atomic mass is 10.0.